The maximum absolute atomic E-state index is 16.2. The van der Waals surface area contributed by atoms with Crippen molar-refractivity contribution >= 4 is 21.6 Å². The van der Waals surface area contributed by atoms with Crippen molar-refractivity contribution in [3.63, 3.8) is 0 Å². The van der Waals surface area contributed by atoms with Crippen LogP contribution in [0.25, 0.3) is 0 Å². The molecule has 15 heteroatoms. The van der Waals surface area contributed by atoms with E-state index in [4.69, 9.17) is 0 Å². The Morgan fingerprint density at radius 2 is 1.43 bits per heavy atom. The highest BCUT2D eigenvalue weighted by Crippen LogP contribution is 2.58. The van der Waals surface area contributed by atoms with Crippen LogP contribution in [0.3, 0.4) is 0 Å². The van der Waals surface area contributed by atoms with Gasteiger partial charge in [0.05, 0.1) is 0 Å². The molecule has 1 rings (SSSR count). The molecule has 1 aromatic rings. The van der Waals surface area contributed by atoms with E-state index in [0.717, 1.165) is 6.07 Å². The zero-order valence-corrected chi connectivity index (χ0v) is 23.7. The van der Waals surface area contributed by atoms with Gasteiger partial charge < -0.3 is 9.64 Å². The van der Waals surface area contributed by atoms with E-state index in [9.17, 15) is 35.5 Å². The highest BCUT2D eigenvalue weighted by Gasteiger charge is 2.83. The van der Waals surface area contributed by atoms with Crippen molar-refractivity contribution in [3.8, 4) is 0 Å². The average Bonchev–Trinajstić information content (AvgIpc) is 2.84. The van der Waals surface area contributed by atoms with Gasteiger partial charge in [0.15, 0.2) is 5.67 Å². The molecule has 1 amide bonds. The van der Waals surface area contributed by atoms with E-state index in [-0.39, 0.29) is 24.4 Å². The molecule has 0 heterocycles. The summed E-state index contributed by atoms with van der Waals surface area (Å²) in [7, 11) is -1.07. The van der Waals surface area contributed by atoms with E-state index in [1.807, 2.05) is 0 Å². The van der Waals surface area contributed by atoms with E-state index in [1.54, 1.807) is 24.0 Å². The van der Waals surface area contributed by atoms with Crippen molar-refractivity contribution in [2.75, 3.05) is 24.5 Å². The lowest BCUT2D eigenvalue weighted by Gasteiger charge is -2.48. The van der Waals surface area contributed by atoms with Crippen LogP contribution in [0.2, 0.25) is 0 Å². The minimum atomic E-state index is -6.73. The topological polar surface area (TPSA) is 29.5 Å². The van der Waals surface area contributed by atoms with Crippen LogP contribution in [0.5, 0.6) is 0 Å². The van der Waals surface area contributed by atoms with Crippen LogP contribution in [0, 0.1) is 0 Å². The molecule has 0 bridgehead atoms. The molecule has 0 fully saturated rings. The van der Waals surface area contributed by atoms with Gasteiger partial charge in [-0.2, -0.15) is 35.1 Å². The third kappa shape index (κ3) is 5.68. The van der Waals surface area contributed by atoms with E-state index >= 15 is 17.6 Å². The van der Waals surface area contributed by atoms with Gasteiger partial charge in [0.25, 0.3) is 5.91 Å². The second-order valence-corrected chi connectivity index (χ2v) is 13.6. The van der Waals surface area contributed by atoms with Gasteiger partial charge in [0, 0.05) is 12.7 Å². The molecule has 232 valence electrons. The Labute approximate surface area is 227 Å². The number of carbonyl (C=O) groups is 1. The van der Waals surface area contributed by atoms with Crippen molar-refractivity contribution in [1.82, 2.24) is 0 Å². The van der Waals surface area contributed by atoms with Crippen molar-refractivity contribution in [1.29, 1.82) is 0 Å². The van der Waals surface area contributed by atoms with Crippen LogP contribution in [0.1, 0.15) is 40.5 Å². The molecule has 0 aliphatic rings. The molecule has 0 aliphatic carbocycles. The summed E-state index contributed by atoms with van der Waals surface area (Å²) >= 11 is 0. The Bertz CT molecular complexity index is 1090. The van der Waals surface area contributed by atoms with Crippen LogP contribution in [-0.2, 0) is 9.53 Å². The van der Waals surface area contributed by atoms with Gasteiger partial charge in [-0.1, -0.05) is 31.9 Å². The Morgan fingerprint density at radius 1 is 0.925 bits per heavy atom. The molecule has 0 N–H and O–H groups in total. The standard InChI is InChI=1S/C25H32F11NO2S/c1-9-19(4,26)22(28,24(32,33)34)25(35,36)39-20(5,10-2)21(27,23(29,30)31)18(38)37(6)16-13-12-14-17(15-16)40(7,8)11-3/h11-15H,3,9-10H2,1-2,4-8H3. The first kappa shape index (κ1) is 36.0. The van der Waals surface area contributed by atoms with E-state index in [0.29, 0.717) is 25.8 Å². The quantitative estimate of drug-likeness (QED) is 0.232. The zero-order valence-electron chi connectivity index (χ0n) is 22.8. The predicted octanol–water partition coefficient (Wildman–Crippen LogP) is 8.67. The zero-order chi connectivity index (χ0) is 32.0. The Hall–Kier alpha value is -2.03. The van der Waals surface area contributed by atoms with Gasteiger partial charge in [-0.15, -0.1) is 0 Å². The summed E-state index contributed by atoms with van der Waals surface area (Å²) < 4.78 is 163. The number of hydrogen-bond acceptors (Lipinski definition) is 2. The van der Waals surface area contributed by atoms with Crippen LogP contribution in [0.4, 0.5) is 54.0 Å². The Balaban J connectivity index is 3.86. The fourth-order valence-corrected chi connectivity index (χ4v) is 4.90. The molecule has 40 heavy (non-hydrogen) atoms. The van der Waals surface area contributed by atoms with Gasteiger partial charge in [-0.3, -0.25) is 4.79 Å². The van der Waals surface area contributed by atoms with Crippen molar-refractivity contribution in [2.45, 2.75) is 86.5 Å². The van der Waals surface area contributed by atoms with E-state index < -0.39 is 69.8 Å². The Kier molecular flexibility index (Phi) is 9.89. The van der Waals surface area contributed by atoms with Crippen molar-refractivity contribution in [2.24, 2.45) is 0 Å². The summed E-state index contributed by atoms with van der Waals surface area (Å²) in [5.74, 6) is -2.54. The van der Waals surface area contributed by atoms with E-state index in [1.165, 1.54) is 12.1 Å². The molecule has 0 aromatic heterocycles. The molecule has 0 aliphatic heterocycles. The summed E-state index contributed by atoms with van der Waals surface area (Å²) in [6, 6.07) is 5.18. The predicted molar refractivity (Wildman–Crippen MR) is 132 cm³/mol. The first-order chi connectivity index (χ1) is 17.7. The molecule has 4 unspecified atom stereocenters. The SMILES string of the molecule is C=CS(C)(C)c1cccc(N(C)C(=O)C(F)(C(F)(F)F)C(C)(CC)OC(F)(F)C(F)(C(F)(F)F)C(C)(F)CC)c1. The number of halogens is 11. The molecule has 0 saturated heterocycles. The molecular formula is C25H32F11NO2S. The summed E-state index contributed by atoms with van der Waals surface area (Å²) in [5, 5.41) is 1.55. The monoisotopic (exact) mass is 619 g/mol. The number of benzene rings is 1. The van der Waals surface area contributed by atoms with Crippen LogP contribution in [-0.4, -0.2) is 66.5 Å². The summed E-state index contributed by atoms with van der Waals surface area (Å²) in [6.45, 7) is 4.58. The van der Waals surface area contributed by atoms with Crippen LogP contribution >= 0.6 is 10.0 Å². The van der Waals surface area contributed by atoms with Crippen LogP contribution < -0.4 is 4.90 Å². The molecule has 1 aromatic carbocycles. The molecule has 4 atom stereocenters. The Morgan fingerprint density at radius 3 is 1.80 bits per heavy atom. The first-order valence-corrected chi connectivity index (χ1v) is 14.2. The van der Waals surface area contributed by atoms with Gasteiger partial charge in [-0.25, -0.2) is 23.2 Å². The third-order valence-corrected chi connectivity index (χ3v) is 9.45. The third-order valence-electron chi connectivity index (χ3n) is 7.15. The maximum atomic E-state index is 16.2. The lowest BCUT2D eigenvalue weighted by atomic mass is 9.79. The highest BCUT2D eigenvalue weighted by molar-refractivity contribution is 8.35. The van der Waals surface area contributed by atoms with E-state index in [2.05, 4.69) is 11.3 Å². The number of alkyl halides is 11. The first-order valence-electron chi connectivity index (χ1n) is 11.7. The minimum Gasteiger partial charge on any atom is -0.312 e. The number of rotatable bonds is 11. The summed E-state index contributed by atoms with van der Waals surface area (Å²) in [5.41, 5.74) is -20.7. The maximum Gasteiger partial charge on any atom is 0.434 e. The molecule has 0 radical (unpaired) electrons. The lowest BCUT2D eigenvalue weighted by molar-refractivity contribution is -0.442. The number of anilines is 1. The van der Waals surface area contributed by atoms with Crippen molar-refractivity contribution < 1.29 is 57.8 Å². The summed E-state index contributed by atoms with van der Waals surface area (Å²) in [6.07, 6.45) is -19.1. The fraction of sp³-hybridized carbons (Fsp3) is 0.640. The second kappa shape index (κ2) is 11.0. The minimum absolute atomic E-state index is 0.0557. The smallest absolute Gasteiger partial charge is 0.312 e. The molecule has 0 spiro atoms. The number of hydrogen-bond donors (Lipinski definition) is 0. The highest BCUT2D eigenvalue weighted by atomic mass is 32.3. The number of nitrogens with zero attached hydrogens (tertiary/aromatic N) is 1. The largest absolute Gasteiger partial charge is 0.434 e. The molecular weight excluding hydrogens is 587 g/mol. The lowest BCUT2D eigenvalue weighted by Crippen LogP contribution is -2.73. The van der Waals surface area contributed by atoms with Gasteiger partial charge >= 0.3 is 29.8 Å². The van der Waals surface area contributed by atoms with Gasteiger partial charge in [-0.05, 0) is 62.3 Å². The normalized spacial score (nSPS) is 19.9. The number of ether oxygens (including phenoxy) is 1. The fourth-order valence-electron chi connectivity index (χ4n) is 3.86. The molecule has 3 nitrogen and oxygen atoms in total. The number of amides is 1. The average molecular weight is 620 g/mol. The molecule has 0 saturated carbocycles. The van der Waals surface area contributed by atoms with Gasteiger partial charge in [0.2, 0.25) is 0 Å². The van der Waals surface area contributed by atoms with Gasteiger partial charge in [0.1, 0.15) is 5.60 Å². The summed E-state index contributed by atoms with van der Waals surface area (Å²) in [4.78, 5) is 13.7. The number of carbonyl (C=O) groups excluding carboxylic acids is 1. The van der Waals surface area contributed by atoms with Crippen molar-refractivity contribution in [3.05, 3.63) is 36.3 Å². The van der Waals surface area contributed by atoms with Crippen LogP contribution in [0.15, 0.2) is 41.1 Å². The second-order valence-electron chi connectivity index (χ2n) is 10.0.